The molecular weight excluding hydrogens is 558 g/mol. The Bertz CT molecular complexity index is 1710. The van der Waals surface area contributed by atoms with Crippen LogP contribution >= 0.6 is 0 Å². The molecule has 0 spiro atoms. The summed E-state index contributed by atoms with van der Waals surface area (Å²) in [4.78, 5) is 12.9. The number of aromatic hydroxyl groups is 3. The van der Waals surface area contributed by atoms with Crippen LogP contribution in [0.25, 0.3) is 32.7 Å². The topological polar surface area (TPSA) is 127 Å². The zero-order valence-electron chi connectivity index (χ0n) is 24.3. The zero-order valence-corrected chi connectivity index (χ0v) is 24.3. The van der Waals surface area contributed by atoms with Crippen LogP contribution in [0.2, 0.25) is 0 Å². The maximum absolute atomic E-state index is 10.2. The van der Waals surface area contributed by atoms with Gasteiger partial charge in [-0.15, -0.1) is 0 Å². The summed E-state index contributed by atoms with van der Waals surface area (Å²) >= 11 is 0. The van der Waals surface area contributed by atoms with E-state index in [4.69, 9.17) is 14.2 Å². The van der Waals surface area contributed by atoms with Crippen LogP contribution in [-0.2, 0) is 34.0 Å². The molecule has 6 rings (SSSR count). The monoisotopic (exact) mass is 591 g/mol. The van der Waals surface area contributed by atoms with E-state index < -0.39 is 5.41 Å². The number of rotatable bonds is 12. The van der Waals surface area contributed by atoms with Crippen molar-refractivity contribution in [3.05, 3.63) is 108 Å². The lowest BCUT2D eigenvalue weighted by Crippen LogP contribution is -2.34. The lowest BCUT2D eigenvalue weighted by atomic mass is 9.94. The van der Waals surface area contributed by atoms with Crippen LogP contribution in [0.5, 0.6) is 17.2 Å². The van der Waals surface area contributed by atoms with Gasteiger partial charge < -0.3 is 29.5 Å². The Morgan fingerprint density at radius 3 is 1.14 bits per heavy atom. The molecular formula is C35H33N3O6. The maximum Gasteiger partial charge on any atom is 0.141 e. The third-order valence-corrected chi connectivity index (χ3v) is 7.64. The molecule has 0 aliphatic heterocycles. The molecule has 0 atom stereocenters. The van der Waals surface area contributed by atoms with Gasteiger partial charge >= 0.3 is 0 Å². The summed E-state index contributed by atoms with van der Waals surface area (Å²) in [5.74, 6) is 0.389. The number of pyridine rings is 3. The highest BCUT2D eigenvalue weighted by Crippen LogP contribution is 2.30. The second-order valence-corrected chi connectivity index (χ2v) is 11.2. The Hall–Kier alpha value is -4.83. The van der Waals surface area contributed by atoms with Crippen LogP contribution in [0, 0.1) is 5.41 Å². The molecule has 0 bridgehead atoms. The number of phenols is 3. The highest BCUT2D eigenvalue weighted by molar-refractivity contribution is 5.88. The summed E-state index contributed by atoms with van der Waals surface area (Å²) in [5.41, 5.74) is 3.84. The Kier molecular flexibility index (Phi) is 8.51. The van der Waals surface area contributed by atoms with E-state index in [-0.39, 0.29) is 17.2 Å². The molecule has 0 amide bonds. The fourth-order valence-corrected chi connectivity index (χ4v) is 5.38. The van der Waals surface area contributed by atoms with E-state index in [1.807, 2.05) is 54.6 Å². The van der Waals surface area contributed by atoms with Crippen LogP contribution in [0.3, 0.4) is 0 Å². The quantitative estimate of drug-likeness (QED) is 0.148. The molecule has 0 saturated carbocycles. The van der Waals surface area contributed by atoms with Gasteiger partial charge in [0.25, 0.3) is 0 Å². The molecule has 3 heterocycles. The molecule has 3 N–H and O–H groups in total. The van der Waals surface area contributed by atoms with Crippen molar-refractivity contribution in [2.75, 3.05) is 19.8 Å². The lowest BCUT2D eigenvalue weighted by Gasteiger charge is -2.29. The summed E-state index contributed by atoms with van der Waals surface area (Å²) in [6.07, 6.45) is 4.96. The standard InChI is InChI=1S/C35H33N3O6/c1-35(20-42-17-23-8-11-29(39)32-26(23)5-2-14-36-32,21-43-18-24-9-12-30(40)33-27(24)6-3-15-37-33)22-44-19-25-10-13-31(41)34-28(25)7-4-16-38-34/h2-16,39-41H,17-22H2,1H3. The van der Waals surface area contributed by atoms with E-state index in [1.165, 1.54) is 0 Å². The molecule has 0 unspecified atom stereocenters. The van der Waals surface area contributed by atoms with E-state index in [9.17, 15) is 15.3 Å². The highest BCUT2D eigenvalue weighted by Gasteiger charge is 2.27. The number of ether oxygens (including phenoxy) is 3. The van der Waals surface area contributed by atoms with E-state index in [1.54, 1.807) is 36.8 Å². The average molecular weight is 592 g/mol. The smallest absolute Gasteiger partial charge is 0.141 e. The van der Waals surface area contributed by atoms with Crippen molar-refractivity contribution in [1.29, 1.82) is 0 Å². The van der Waals surface area contributed by atoms with Gasteiger partial charge in [-0.3, -0.25) is 15.0 Å². The van der Waals surface area contributed by atoms with Gasteiger partial charge in [-0.1, -0.05) is 43.3 Å². The molecule has 0 aliphatic rings. The second-order valence-electron chi connectivity index (χ2n) is 11.2. The van der Waals surface area contributed by atoms with Gasteiger partial charge in [0.2, 0.25) is 0 Å². The minimum atomic E-state index is -0.527. The van der Waals surface area contributed by atoms with Crippen molar-refractivity contribution in [1.82, 2.24) is 15.0 Å². The van der Waals surface area contributed by atoms with Gasteiger partial charge in [0.05, 0.1) is 39.6 Å². The largest absolute Gasteiger partial charge is 0.506 e. The number of fused-ring (bicyclic) bond motifs is 3. The third kappa shape index (κ3) is 6.26. The van der Waals surface area contributed by atoms with Crippen molar-refractivity contribution >= 4 is 32.7 Å². The third-order valence-electron chi connectivity index (χ3n) is 7.64. The minimum absolute atomic E-state index is 0.130. The summed E-state index contributed by atoms with van der Waals surface area (Å²) in [6, 6.07) is 21.7. The Morgan fingerprint density at radius 2 is 0.818 bits per heavy atom. The fourth-order valence-electron chi connectivity index (χ4n) is 5.38. The molecule has 224 valence electrons. The number of phenolic OH excluding ortho intramolecular Hbond substituents is 3. The van der Waals surface area contributed by atoms with Crippen LogP contribution in [0.1, 0.15) is 23.6 Å². The van der Waals surface area contributed by atoms with E-state index in [2.05, 4.69) is 21.9 Å². The van der Waals surface area contributed by atoms with Crippen molar-refractivity contribution in [3.8, 4) is 17.2 Å². The average Bonchev–Trinajstić information content (AvgIpc) is 3.05. The van der Waals surface area contributed by atoms with Gasteiger partial charge in [0.15, 0.2) is 0 Å². The summed E-state index contributed by atoms with van der Waals surface area (Å²) in [6.45, 7) is 4.03. The fraction of sp³-hybridized carbons (Fsp3) is 0.229. The number of benzene rings is 3. The molecule has 3 aromatic heterocycles. The molecule has 3 aromatic carbocycles. The van der Waals surface area contributed by atoms with Crippen LogP contribution < -0.4 is 0 Å². The zero-order chi connectivity index (χ0) is 30.5. The Balaban J connectivity index is 1.17. The number of hydrogen-bond donors (Lipinski definition) is 3. The van der Waals surface area contributed by atoms with E-state index in [0.29, 0.717) is 56.2 Å². The van der Waals surface area contributed by atoms with Gasteiger partial charge in [-0.2, -0.15) is 0 Å². The first-order valence-electron chi connectivity index (χ1n) is 14.3. The predicted molar refractivity (Wildman–Crippen MR) is 167 cm³/mol. The summed E-state index contributed by atoms with van der Waals surface area (Å²) < 4.78 is 18.8. The SMILES string of the molecule is CC(COCc1ccc(O)c2ncccc12)(COCc1ccc(O)c2ncccc12)COCc1ccc(O)c2ncccc12. The number of hydrogen-bond acceptors (Lipinski definition) is 9. The predicted octanol–water partition coefficient (Wildman–Crippen LogP) is 6.40. The molecule has 6 aromatic rings. The van der Waals surface area contributed by atoms with Crippen molar-refractivity contribution < 1.29 is 29.5 Å². The molecule has 0 saturated heterocycles. The Labute approximate surface area is 254 Å². The Morgan fingerprint density at radius 1 is 0.500 bits per heavy atom. The molecule has 9 heteroatoms. The van der Waals surface area contributed by atoms with Crippen LogP contribution in [-0.4, -0.2) is 50.1 Å². The molecule has 9 nitrogen and oxygen atoms in total. The summed E-state index contributed by atoms with van der Waals surface area (Å²) in [7, 11) is 0. The van der Waals surface area contributed by atoms with Gasteiger partial charge in [-0.25, -0.2) is 0 Å². The first kappa shape index (κ1) is 29.3. The minimum Gasteiger partial charge on any atom is -0.506 e. The number of nitrogens with zero attached hydrogens (tertiary/aromatic N) is 3. The number of aromatic nitrogens is 3. The van der Waals surface area contributed by atoms with Crippen molar-refractivity contribution in [2.45, 2.75) is 26.7 Å². The summed E-state index contributed by atoms with van der Waals surface area (Å²) in [5, 5.41) is 33.2. The molecule has 0 aliphatic carbocycles. The van der Waals surface area contributed by atoms with Gasteiger partial charge in [0.1, 0.15) is 33.8 Å². The van der Waals surface area contributed by atoms with Crippen molar-refractivity contribution in [3.63, 3.8) is 0 Å². The molecule has 0 fully saturated rings. The molecule has 0 radical (unpaired) electrons. The normalized spacial score (nSPS) is 11.9. The van der Waals surface area contributed by atoms with Crippen LogP contribution in [0.4, 0.5) is 0 Å². The van der Waals surface area contributed by atoms with Crippen LogP contribution in [0.15, 0.2) is 91.4 Å². The first-order valence-corrected chi connectivity index (χ1v) is 14.3. The highest BCUT2D eigenvalue weighted by atomic mass is 16.5. The maximum atomic E-state index is 10.2. The lowest BCUT2D eigenvalue weighted by molar-refractivity contribution is -0.0702. The van der Waals surface area contributed by atoms with E-state index in [0.717, 1.165) is 32.8 Å². The van der Waals surface area contributed by atoms with Gasteiger partial charge in [0, 0.05) is 40.2 Å². The molecule has 44 heavy (non-hydrogen) atoms. The second kappa shape index (κ2) is 12.8. The van der Waals surface area contributed by atoms with Gasteiger partial charge in [-0.05, 0) is 53.1 Å². The van der Waals surface area contributed by atoms with E-state index >= 15 is 0 Å². The van der Waals surface area contributed by atoms with Crippen molar-refractivity contribution in [2.24, 2.45) is 5.41 Å². The first-order chi connectivity index (χ1) is 21.4.